The molecule has 0 radical (unpaired) electrons. The summed E-state index contributed by atoms with van der Waals surface area (Å²) in [6, 6.07) is 8.33. The molecule has 1 aromatic heterocycles. The number of H-pyrrole nitrogens is 1. The maximum atomic E-state index is 12.5. The van der Waals surface area contributed by atoms with Crippen molar-refractivity contribution in [1.82, 2.24) is 20.6 Å². The molecule has 1 aromatic carbocycles. The van der Waals surface area contributed by atoms with Gasteiger partial charge in [-0.3, -0.25) is 14.4 Å². The van der Waals surface area contributed by atoms with E-state index in [9.17, 15) is 14.4 Å². The van der Waals surface area contributed by atoms with E-state index in [-0.39, 0.29) is 37.0 Å². The van der Waals surface area contributed by atoms with Crippen LogP contribution in [0.2, 0.25) is 0 Å². The lowest BCUT2D eigenvalue weighted by molar-refractivity contribution is -0.122. The van der Waals surface area contributed by atoms with Crippen molar-refractivity contribution < 1.29 is 9.59 Å². The van der Waals surface area contributed by atoms with Crippen LogP contribution in [0.1, 0.15) is 33.4 Å². The summed E-state index contributed by atoms with van der Waals surface area (Å²) >= 11 is 0. The van der Waals surface area contributed by atoms with Gasteiger partial charge >= 0.3 is 0 Å². The van der Waals surface area contributed by atoms with Gasteiger partial charge in [0.05, 0.1) is 18.2 Å². The summed E-state index contributed by atoms with van der Waals surface area (Å²) < 4.78 is 0. The Labute approximate surface area is 137 Å². The molecule has 8 heteroatoms. The van der Waals surface area contributed by atoms with Crippen LogP contribution >= 0.6 is 0 Å². The maximum Gasteiger partial charge on any atom is 0.251 e. The molecule has 0 saturated carbocycles. The van der Waals surface area contributed by atoms with Crippen molar-refractivity contribution >= 4 is 11.8 Å². The average Bonchev–Trinajstić information content (AvgIpc) is 2.60. The highest BCUT2D eigenvalue weighted by molar-refractivity contribution is 6.00. The molecule has 124 valence electrons. The zero-order chi connectivity index (χ0) is 17.1. The molecule has 1 aliphatic rings. The highest BCUT2D eigenvalue weighted by Crippen LogP contribution is 2.23. The molecule has 1 atom stereocenters. The molecule has 1 unspecified atom stereocenters. The van der Waals surface area contributed by atoms with Crippen LogP contribution in [0.25, 0.3) is 0 Å². The van der Waals surface area contributed by atoms with E-state index in [1.165, 1.54) is 6.07 Å². The summed E-state index contributed by atoms with van der Waals surface area (Å²) in [5.74, 6) is -0.577. The number of nitrogens with one attached hydrogen (secondary N) is 3. The van der Waals surface area contributed by atoms with Gasteiger partial charge in [-0.15, -0.1) is 0 Å². The molecule has 0 aliphatic carbocycles. The van der Waals surface area contributed by atoms with E-state index in [0.29, 0.717) is 22.6 Å². The fraction of sp³-hybridized carbons (Fsp3) is 0.250. The van der Waals surface area contributed by atoms with Crippen molar-refractivity contribution in [2.45, 2.75) is 19.0 Å². The summed E-state index contributed by atoms with van der Waals surface area (Å²) in [6.45, 7) is 0.454. The van der Waals surface area contributed by atoms with Gasteiger partial charge in [-0.05, 0) is 11.6 Å². The van der Waals surface area contributed by atoms with Crippen LogP contribution in [-0.2, 0) is 17.9 Å². The molecular weight excluding hydrogens is 310 g/mol. The molecule has 0 spiro atoms. The van der Waals surface area contributed by atoms with Crippen molar-refractivity contribution in [3.8, 4) is 0 Å². The number of fused-ring (bicyclic) bond motifs is 1. The Bertz CT molecular complexity index is 846. The largest absolute Gasteiger partial charge is 0.351 e. The Morgan fingerprint density at radius 2 is 2.12 bits per heavy atom. The predicted molar refractivity (Wildman–Crippen MR) is 86.1 cm³/mol. The SMILES string of the molecule is NCc1cc(=O)[nH]c(CNC(=O)C2CNC(=O)c3ccccc32)n1. The number of amides is 2. The molecule has 0 saturated heterocycles. The Morgan fingerprint density at radius 1 is 1.33 bits per heavy atom. The first kappa shape index (κ1) is 15.9. The standard InChI is InChI=1S/C16H17N5O3/c17-6-9-5-14(22)21-13(20-9)8-19-16(24)12-7-18-15(23)11-4-2-1-3-10(11)12/h1-5,12H,6-8,17H2,(H,18,23)(H,19,24)(H,20,21,22). The monoisotopic (exact) mass is 327 g/mol. The minimum absolute atomic E-state index is 0.0779. The predicted octanol–water partition coefficient (Wildman–Crippen LogP) is -0.628. The number of carbonyl (C=O) groups is 2. The normalized spacial score (nSPS) is 16.2. The van der Waals surface area contributed by atoms with Gasteiger partial charge in [-0.25, -0.2) is 4.98 Å². The Kier molecular flexibility index (Phi) is 4.39. The molecular formula is C16H17N5O3. The van der Waals surface area contributed by atoms with Crippen molar-refractivity contribution in [3.05, 3.63) is 63.3 Å². The molecule has 24 heavy (non-hydrogen) atoms. The van der Waals surface area contributed by atoms with Gasteiger partial charge in [-0.2, -0.15) is 0 Å². The van der Waals surface area contributed by atoms with Crippen molar-refractivity contribution in [3.63, 3.8) is 0 Å². The lowest BCUT2D eigenvalue weighted by atomic mass is 9.90. The molecule has 2 aromatic rings. The Hall–Kier alpha value is -3.00. The number of rotatable bonds is 4. The van der Waals surface area contributed by atoms with Gasteiger partial charge in [0.2, 0.25) is 5.91 Å². The average molecular weight is 327 g/mol. The lowest BCUT2D eigenvalue weighted by Crippen LogP contribution is -2.42. The summed E-state index contributed by atoms with van der Waals surface area (Å²) in [5.41, 5.74) is 6.82. The van der Waals surface area contributed by atoms with Crippen LogP contribution in [0.4, 0.5) is 0 Å². The number of nitrogens with zero attached hydrogens (tertiary/aromatic N) is 1. The van der Waals surface area contributed by atoms with Crippen molar-refractivity contribution in [2.24, 2.45) is 5.73 Å². The van der Waals surface area contributed by atoms with E-state index in [1.807, 2.05) is 0 Å². The van der Waals surface area contributed by atoms with E-state index >= 15 is 0 Å². The van der Waals surface area contributed by atoms with Crippen LogP contribution in [-0.4, -0.2) is 28.3 Å². The number of aromatic nitrogens is 2. The number of hydrogen-bond donors (Lipinski definition) is 4. The summed E-state index contributed by atoms with van der Waals surface area (Å²) in [4.78, 5) is 42.5. The quantitative estimate of drug-likeness (QED) is 0.594. The fourth-order valence-electron chi connectivity index (χ4n) is 2.69. The second kappa shape index (κ2) is 6.63. The van der Waals surface area contributed by atoms with Crippen molar-refractivity contribution in [1.29, 1.82) is 0 Å². The van der Waals surface area contributed by atoms with Crippen LogP contribution in [0.15, 0.2) is 35.1 Å². The molecule has 2 amide bonds. The number of hydrogen-bond acceptors (Lipinski definition) is 5. The first-order valence-corrected chi connectivity index (χ1v) is 7.52. The highest BCUT2D eigenvalue weighted by atomic mass is 16.2. The third kappa shape index (κ3) is 3.18. The molecule has 8 nitrogen and oxygen atoms in total. The van der Waals surface area contributed by atoms with Gasteiger partial charge in [0.1, 0.15) is 5.82 Å². The summed E-state index contributed by atoms with van der Waals surface area (Å²) in [6.07, 6.45) is 0. The maximum absolute atomic E-state index is 12.5. The van der Waals surface area contributed by atoms with Crippen LogP contribution < -0.4 is 21.9 Å². The van der Waals surface area contributed by atoms with Crippen LogP contribution in [0.3, 0.4) is 0 Å². The minimum Gasteiger partial charge on any atom is -0.351 e. The molecule has 0 fully saturated rings. The zero-order valence-corrected chi connectivity index (χ0v) is 12.8. The van der Waals surface area contributed by atoms with Gasteiger partial charge in [0, 0.05) is 24.7 Å². The van der Waals surface area contributed by atoms with E-state index in [4.69, 9.17) is 5.73 Å². The highest BCUT2D eigenvalue weighted by Gasteiger charge is 2.29. The summed E-state index contributed by atoms with van der Waals surface area (Å²) in [7, 11) is 0. The minimum atomic E-state index is -0.483. The molecule has 3 rings (SSSR count). The third-order valence-corrected chi connectivity index (χ3v) is 3.85. The smallest absolute Gasteiger partial charge is 0.251 e. The van der Waals surface area contributed by atoms with Crippen LogP contribution in [0, 0.1) is 0 Å². The lowest BCUT2D eigenvalue weighted by Gasteiger charge is -2.24. The first-order valence-electron chi connectivity index (χ1n) is 7.52. The Morgan fingerprint density at radius 3 is 2.92 bits per heavy atom. The van der Waals surface area contributed by atoms with E-state index in [1.54, 1.807) is 24.3 Å². The topological polar surface area (TPSA) is 130 Å². The third-order valence-electron chi connectivity index (χ3n) is 3.85. The fourth-order valence-corrected chi connectivity index (χ4v) is 2.69. The number of benzene rings is 1. The summed E-state index contributed by atoms with van der Waals surface area (Å²) in [5, 5.41) is 5.44. The number of carbonyl (C=O) groups excluding carboxylic acids is 2. The second-order valence-corrected chi connectivity index (χ2v) is 5.46. The molecule has 2 heterocycles. The van der Waals surface area contributed by atoms with Gasteiger partial charge in [0.15, 0.2) is 0 Å². The second-order valence-electron chi connectivity index (χ2n) is 5.46. The van der Waals surface area contributed by atoms with Gasteiger partial charge < -0.3 is 21.4 Å². The zero-order valence-electron chi connectivity index (χ0n) is 12.8. The Balaban J connectivity index is 1.74. The van der Waals surface area contributed by atoms with Crippen LogP contribution in [0.5, 0.6) is 0 Å². The molecule has 1 aliphatic heterocycles. The number of aromatic amines is 1. The van der Waals surface area contributed by atoms with E-state index < -0.39 is 5.92 Å². The van der Waals surface area contributed by atoms with E-state index in [0.717, 1.165) is 0 Å². The van der Waals surface area contributed by atoms with Gasteiger partial charge in [-0.1, -0.05) is 18.2 Å². The number of nitrogens with two attached hydrogens (primary N) is 1. The van der Waals surface area contributed by atoms with Gasteiger partial charge in [0.25, 0.3) is 11.5 Å². The van der Waals surface area contributed by atoms with Crippen molar-refractivity contribution in [2.75, 3.05) is 6.54 Å². The molecule has 0 bridgehead atoms. The molecule has 5 N–H and O–H groups in total. The van der Waals surface area contributed by atoms with E-state index in [2.05, 4.69) is 20.6 Å². The first-order chi connectivity index (χ1) is 11.6.